The molecular weight excluding hydrogens is 378 g/mol. The molecule has 3 aromatic rings. The van der Waals surface area contributed by atoms with Gasteiger partial charge in [0, 0.05) is 12.2 Å². The van der Waals surface area contributed by atoms with Crippen LogP contribution in [-0.2, 0) is 10.5 Å². The Balaban J connectivity index is 2.22. The molecule has 2 unspecified atom stereocenters. The first-order chi connectivity index (χ1) is 13.9. The largest absolute Gasteiger partial charge is 0.374 e. The SMILES string of the molecule is CCOC(C#Cc1ccccc1)(C(O)C#C[Si](C)(C)C)n1nnc2ccccc21. The minimum atomic E-state index is -1.72. The molecule has 3 rings (SSSR count). The van der Waals surface area contributed by atoms with E-state index in [9.17, 15) is 5.11 Å². The summed E-state index contributed by atoms with van der Waals surface area (Å²) in [7, 11) is -1.72. The van der Waals surface area contributed by atoms with Crippen molar-refractivity contribution in [2.45, 2.75) is 38.4 Å². The number of fused-ring (bicyclic) bond motifs is 1. The second-order valence-corrected chi connectivity index (χ2v) is 12.4. The molecule has 1 N–H and O–H groups in total. The zero-order valence-corrected chi connectivity index (χ0v) is 18.2. The lowest BCUT2D eigenvalue weighted by Gasteiger charge is -2.31. The summed E-state index contributed by atoms with van der Waals surface area (Å²) in [4.78, 5) is 0. The second kappa shape index (κ2) is 8.63. The molecule has 0 aliphatic heterocycles. The van der Waals surface area contributed by atoms with Gasteiger partial charge in [-0.05, 0) is 37.1 Å². The van der Waals surface area contributed by atoms with E-state index in [0.29, 0.717) is 12.1 Å². The lowest BCUT2D eigenvalue weighted by atomic mass is 10.1. The van der Waals surface area contributed by atoms with Crippen LogP contribution in [0.4, 0.5) is 0 Å². The molecule has 1 aromatic heterocycles. The maximum Gasteiger partial charge on any atom is 0.264 e. The van der Waals surface area contributed by atoms with Crippen LogP contribution < -0.4 is 0 Å². The molecule has 0 saturated heterocycles. The molecule has 0 spiro atoms. The van der Waals surface area contributed by atoms with Gasteiger partial charge in [0.2, 0.25) is 0 Å². The monoisotopic (exact) mass is 403 g/mol. The molecular formula is C23H25N3O2Si. The topological polar surface area (TPSA) is 60.2 Å². The van der Waals surface area contributed by atoms with E-state index in [1.54, 1.807) is 4.68 Å². The summed E-state index contributed by atoms with van der Waals surface area (Å²) in [6, 6.07) is 17.1. The third-order valence-corrected chi connectivity index (χ3v) is 5.04. The Morgan fingerprint density at radius 1 is 1.10 bits per heavy atom. The lowest BCUT2D eigenvalue weighted by Crippen LogP contribution is -2.47. The zero-order valence-electron chi connectivity index (χ0n) is 17.2. The van der Waals surface area contributed by atoms with Crippen molar-refractivity contribution in [3.63, 3.8) is 0 Å². The van der Waals surface area contributed by atoms with Gasteiger partial charge in [-0.2, -0.15) is 4.68 Å². The summed E-state index contributed by atoms with van der Waals surface area (Å²) in [5.41, 5.74) is 3.97. The fourth-order valence-corrected chi connectivity index (χ4v) is 3.38. The van der Waals surface area contributed by atoms with Gasteiger partial charge in [-0.25, -0.2) is 0 Å². The molecule has 0 radical (unpaired) electrons. The van der Waals surface area contributed by atoms with Crippen molar-refractivity contribution in [1.29, 1.82) is 0 Å². The van der Waals surface area contributed by atoms with Crippen LogP contribution in [0.15, 0.2) is 54.6 Å². The Labute approximate surface area is 172 Å². The Bertz CT molecular complexity index is 1100. The highest BCUT2D eigenvalue weighted by atomic mass is 28.3. The van der Waals surface area contributed by atoms with E-state index < -0.39 is 19.9 Å². The maximum atomic E-state index is 11.2. The van der Waals surface area contributed by atoms with E-state index in [2.05, 4.69) is 53.3 Å². The van der Waals surface area contributed by atoms with E-state index in [4.69, 9.17) is 4.74 Å². The standard InChI is InChI=1S/C23H25N3O2Si/c1-5-28-23(22(27)16-18-29(2,3)4,17-15-19-11-7-6-8-12-19)26-21-14-10-9-13-20(21)24-25-26/h6-14,22,27H,5H2,1-4H3. The molecule has 148 valence electrons. The quantitative estimate of drug-likeness (QED) is 0.536. The predicted octanol–water partition coefficient (Wildman–Crippen LogP) is 3.41. The minimum absolute atomic E-state index is 0.323. The Kier molecular flexibility index (Phi) is 6.19. The van der Waals surface area contributed by atoms with Crippen LogP contribution in [0.2, 0.25) is 19.6 Å². The average molecular weight is 404 g/mol. The number of para-hydroxylation sites is 1. The number of hydrogen-bond donors (Lipinski definition) is 1. The normalized spacial score (nSPS) is 14.2. The maximum absolute atomic E-state index is 11.2. The van der Waals surface area contributed by atoms with Crippen molar-refractivity contribution in [3.05, 3.63) is 60.2 Å². The smallest absolute Gasteiger partial charge is 0.264 e. The molecule has 2 atom stereocenters. The van der Waals surface area contributed by atoms with Gasteiger partial charge in [0.1, 0.15) is 13.6 Å². The third kappa shape index (κ3) is 4.75. The van der Waals surface area contributed by atoms with E-state index >= 15 is 0 Å². The first-order valence-corrected chi connectivity index (χ1v) is 13.1. The Morgan fingerprint density at radius 2 is 1.79 bits per heavy atom. The first kappa shape index (κ1) is 20.8. The third-order valence-electron chi connectivity index (χ3n) is 4.15. The van der Waals surface area contributed by atoms with Gasteiger partial charge >= 0.3 is 0 Å². The van der Waals surface area contributed by atoms with Gasteiger partial charge in [0.15, 0.2) is 6.10 Å². The van der Waals surface area contributed by atoms with Gasteiger partial charge in [0.25, 0.3) is 5.72 Å². The molecule has 2 aromatic carbocycles. The van der Waals surface area contributed by atoms with Crippen LogP contribution in [0.25, 0.3) is 11.0 Å². The highest BCUT2D eigenvalue weighted by molar-refractivity contribution is 6.83. The number of aromatic nitrogens is 3. The molecule has 0 bridgehead atoms. The fraction of sp³-hybridized carbons (Fsp3) is 0.304. The van der Waals surface area contributed by atoms with Gasteiger partial charge in [-0.3, -0.25) is 0 Å². The molecule has 29 heavy (non-hydrogen) atoms. The molecule has 0 amide bonds. The number of hydrogen-bond acceptors (Lipinski definition) is 4. The molecule has 0 aliphatic carbocycles. The molecule has 0 saturated carbocycles. The van der Waals surface area contributed by atoms with E-state index in [0.717, 1.165) is 11.1 Å². The molecule has 6 heteroatoms. The Hall–Kier alpha value is -2.90. The number of rotatable bonds is 4. The minimum Gasteiger partial charge on any atom is -0.374 e. The molecule has 1 heterocycles. The van der Waals surface area contributed by atoms with E-state index in [1.807, 2.05) is 61.5 Å². The number of aliphatic hydroxyl groups excluding tert-OH is 1. The van der Waals surface area contributed by atoms with Crippen molar-refractivity contribution < 1.29 is 9.84 Å². The summed E-state index contributed by atoms with van der Waals surface area (Å²) in [6.45, 7) is 8.54. The summed E-state index contributed by atoms with van der Waals surface area (Å²) < 4.78 is 7.63. The van der Waals surface area contributed by atoms with Gasteiger partial charge in [0.05, 0.1) is 5.52 Å². The number of aliphatic hydroxyl groups is 1. The second-order valence-electron chi connectivity index (χ2n) is 7.66. The molecule has 5 nitrogen and oxygen atoms in total. The van der Waals surface area contributed by atoms with Gasteiger partial charge in [-0.1, -0.05) is 67.0 Å². The molecule has 0 aliphatic rings. The van der Waals surface area contributed by atoms with Crippen LogP contribution in [0, 0.1) is 23.3 Å². The van der Waals surface area contributed by atoms with Crippen LogP contribution >= 0.6 is 0 Å². The van der Waals surface area contributed by atoms with Crippen molar-refractivity contribution in [2.75, 3.05) is 6.61 Å². The first-order valence-electron chi connectivity index (χ1n) is 9.59. The van der Waals surface area contributed by atoms with E-state index in [1.165, 1.54) is 0 Å². The zero-order chi connectivity index (χ0) is 20.9. The summed E-state index contributed by atoms with van der Waals surface area (Å²) in [5.74, 6) is 9.24. The van der Waals surface area contributed by atoms with Crippen molar-refractivity contribution in [1.82, 2.24) is 15.0 Å². The van der Waals surface area contributed by atoms with Crippen LogP contribution in [-0.4, -0.2) is 40.9 Å². The Morgan fingerprint density at radius 3 is 2.48 bits per heavy atom. The predicted molar refractivity (Wildman–Crippen MR) is 118 cm³/mol. The van der Waals surface area contributed by atoms with Gasteiger partial charge < -0.3 is 9.84 Å². The van der Waals surface area contributed by atoms with Crippen LogP contribution in [0.1, 0.15) is 12.5 Å². The van der Waals surface area contributed by atoms with Crippen molar-refractivity contribution in [3.8, 4) is 23.3 Å². The summed E-state index contributed by atoms with van der Waals surface area (Å²) in [5, 5.41) is 19.7. The number of ether oxygens (including phenoxy) is 1. The van der Waals surface area contributed by atoms with Crippen LogP contribution in [0.5, 0.6) is 0 Å². The summed E-state index contributed by atoms with van der Waals surface area (Å²) in [6.07, 6.45) is -1.20. The fourth-order valence-electron chi connectivity index (χ4n) is 2.81. The molecule has 0 fully saturated rings. The number of benzene rings is 2. The van der Waals surface area contributed by atoms with Crippen molar-refractivity contribution >= 4 is 19.1 Å². The number of nitrogens with zero attached hydrogens (tertiary/aromatic N) is 3. The highest BCUT2D eigenvalue weighted by Crippen LogP contribution is 2.26. The van der Waals surface area contributed by atoms with Gasteiger partial charge in [-0.15, -0.1) is 10.6 Å². The van der Waals surface area contributed by atoms with Crippen LogP contribution in [0.3, 0.4) is 0 Å². The highest BCUT2D eigenvalue weighted by Gasteiger charge is 2.41. The van der Waals surface area contributed by atoms with E-state index in [-0.39, 0.29) is 0 Å². The lowest BCUT2D eigenvalue weighted by molar-refractivity contribution is -0.119. The summed E-state index contributed by atoms with van der Waals surface area (Å²) >= 11 is 0. The van der Waals surface area contributed by atoms with Crippen molar-refractivity contribution in [2.24, 2.45) is 0 Å². The average Bonchev–Trinajstić information content (AvgIpc) is 3.14.